The SMILES string of the molecule is COC(=O)c1c(N)cccc1CN(CC(N)=O)C(C)C. The molecule has 0 saturated carbocycles. The van der Waals surface area contributed by atoms with Crippen LogP contribution in [0.1, 0.15) is 29.8 Å². The first-order valence-corrected chi connectivity index (χ1v) is 6.34. The number of carbonyl (C=O) groups is 2. The number of rotatable bonds is 6. The van der Waals surface area contributed by atoms with Crippen molar-refractivity contribution in [3.63, 3.8) is 0 Å². The number of carbonyl (C=O) groups excluding carboxylic acids is 2. The summed E-state index contributed by atoms with van der Waals surface area (Å²) in [4.78, 5) is 24.8. The number of benzene rings is 1. The van der Waals surface area contributed by atoms with Crippen LogP contribution in [0.2, 0.25) is 0 Å². The molecule has 1 aromatic rings. The first-order chi connectivity index (χ1) is 9.36. The lowest BCUT2D eigenvalue weighted by Gasteiger charge is -2.26. The van der Waals surface area contributed by atoms with Crippen LogP contribution in [0, 0.1) is 0 Å². The molecular formula is C14H21N3O3. The quantitative estimate of drug-likeness (QED) is 0.591. The molecule has 0 aliphatic carbocycles. The zero-order valence-corrected chi connectivity index (χ0v) is 12.1. The van der Waals surface area contributed by atoms with Crippen molar-refractivity contribution in [1.29, 1.82) is 0 Å². The average molecular weight is 279 g/mol. The number of anilines is 1. The normalized spacial score (nSPS) is 10.8. The minimum Gasteiger partial charge on any atom is -0.465 e. The molecule has 0 saturated heterocycles. The molecule has 0 aliphatic heterocycles. The van der Waals surface area contributed by atoms with Crippen LogP contribution in [0.4, 0.5) is 5.69 Å². The summed E-state index contributed by atoms with van der Waals surface area (Å²) in [5.74, 6) is -0.900. The number of nitrogens with zero attached hydrogens (tertiary/aromatic N) is 1. The first-order valence-electron chi connectivity index (χ1n) is 6.34. The molecule has 0 radical (unpaired) electrons. The Morgan fingerprint density at radius 2 is 2.00 bits per heavy atom. The van der Waals surface area contributed by atoms with E-state index >= 15 is 0 Å². The maximum Gasteiger partial charge on any atom is 0.340 e. The van der Waals surface area contributed by atoms with E-state index in [2.05, 4.69) is 0 Å². The summed E-state index contributed by atoms with van der Waals surface area (Å²) in [6, 6.07) is 5.30. The number of hydrogen-bond acceptors (Lipinski definition) is 5. The average Bonchev–Trinajstić information content (AvgIpc) is 2.36. The van der Waals surface area contributed by atoms with E-state index < -0.39 is 11.9 Å². The number of esters is 1. The second-order valence-corrected chi connectivity index (χ2v) is 4.84. The molecule has 6 heteroatoms. The summed E-state index contributed by atoms with van der Waals surface area (Å²) in [5.41, 5.74) is 12.5. The topological polar surface area (TPSA) is 98.7 Å². The third kappa shape index (κ3) is 3.96. The Balaban J connectivity index is 3.09. The van der Waals surface area contributed by atoms with Gasteiger partial charge < -0.3 is 16.2 Å². The van der Waals surface area contributed by atoms with Crippen molar-refractivity contribution < 1.29 is 14.3 Å². The lowest BCUT2D eigenvalue weighted by molar-refractivity contribution is -0.119. The summed E-state index contributed by atoms with van der Waals surface area (Å²) >= 11 is 0. The highest BCUT2D eigenvalue weighted by atomic mass is 16.5. The Morgan fingerprint density at radius 3 is 2.50 bits per heavy atom. The van der Waals surface area contributed by atoms with Crippen LogP contribution < -0.4 is 11.5 Å². The van der Waals surface area contributed by atoms with Crippen LogP contribution in [0.25, 0.3) is 0 Å². The predicted molar refractivity (Wildman–Crippen MR) is 76.9 cm³/mol. The Kier molecular flexibility index (Phi) is 5.52. The highest BCUT2D eigenvalue weighted by molar-refractivity contribution is 5.96. The summed E-state index contributed by atoms with van der Waals surface area (Å²) in [6.07, 6.45) is 0. The number of amides is 1. The van der Waals surface area contributed by atoms with Gasteiger partial charge in [-0.25, -0.2) is 4.79 Å². The Bertz CT molecular complexity index is 500. The lowest BCUT2D eigenvalue weighted by atomic mass is 10.0. The molecule has 0 aliphatic rings. The van der Waals surface area contributed by atoms with Crippen molar-refractivity contribution in [3.8, 4) is 0 Å². The Hall–Kier alpha value is -2.08. The number of primary amides is 1. The van der Waals surface area contributed by atoms with E-state index in [1.165, 1.54) is 7.11 Å². The van der Waals surface area contributed by atoms with Crippen LogP contribution in [0.5, 0.6) is 0 Å². The molecule has 0 spiro atoms. The molecule has 0 atom stereocenters. The fourth-order valence-corrected chi connectivity index (χ4v) is 1.94. The smallest absolute Gasteiger partial charge is 0.340 e. The minimum atomic E-state index is -0.485. The number of hydrogen-bond donors (Lipinski definition) is 2. The highest BCUT2D eigenvalue weighted by Gasteiger charge is 2.19. The van der Waals surface area contributed by atoms with Gasteiger partial charge in [-0.1, -0.05) is 12.1 Å². The molecule has 0 fully saturated rings. The Labute approximate surface area is 118 Å². The van der Waals surface area contributed by atoms with Gasteiger partial charge in [0.25, 0.3) is 0 Å². The van der Waals surface area contributed by atoms with E-state index in [1.54, 1.807) is 18.2 Å². The largest absolute Gasteiger partial charge is 0.465 e. The van der Waals surface area contributed by atoms with Gasteiger partial charge in [-0.15, -0.1) is 0 Å². The monoisotopic (exact) mass is 279 g/mol. The van der Waals surface area contributed by atoms with Crippen LogP contribution in [-0.4, -0.2) is 36.5 Å². The summed E-state index contributed by atoms with van der Waals surface area (Å²) in [7, 11) is 1.31. The van der Waals surface area contributed by atoms with Crippen LogP contribution in [0.15, 0.2) is 18.2 Å². The fraction of sp³-hybridized carbons (Fsp3) is 0.429. The molecule has 0 heterocycles. The van der Waals surface area contributed by atoms with Gasteiger partial charge in [0.15, 0.2) is 0 Å². The molecule has 0 bridgehead atoms. The van der Waals surface area contributed by atoms with Crippen LogP contribution >= 0.6 is 0 Å². The molecule has 1 amide bonds. The third-order valence-electron chi connectivity index (χ3n) is 3.04. The molecule has 20 heavy (non-hydrogen) atoms. The van der Waals surface area contributed by atoms with Gasteiger partial charge >= 0.3 is 5.97 Å². The van der Waals surface area contributed by atoms with Gasteiger partial charge in [0.2, 0.25) is 5.91 Å². The molecule has 110 valence electrons. The van der Waals surface area contributed by atoms with Crippen LogP contribution in [-0.2, 0) is 16.1 Å². The van der Waals surface area contributed by atoms with Crippen molar-refractivity contribution in [2.75, 3.05) is 19.4 Å². The zero-order valence-electron chi connectivity index (χ0n) is 12.1. The number of nitrogens with two attached hydrogens (primary N) is 2. The zero-order chi connectivity index (χ0) is 15.3. The highest BCUT2D eigenvalue weighted by Crippen LogP contribution is 2.20. The van der Waals surface area contributed by atoms with Gasteiger partial charge in [0.1, 0.15) is 0 Å². The molecule has 4 N–H and O–H groups in total. The molecule has 6 nitrogen and oxygen atoms in total. The van der Waals surface area contributed by atoms with Crippen molar-refractivity contribution in [1.82, 2.24) is 4.90 Å². The molecule has 0 unspecified atom stereocenters. The van der Waals surface area contributed by atoms with Crippen molar-refractivity contribution in [2.45, 2.75) is 26.4 Å². The summed E-state index contributed by atoms with van der Waals surface area (Å²) in [5, 5.41) is 0. The van der Waals surface area contributed by atoms with Crippen molar-refractivity contribution in [2.24, 2.45) is 5.73 Å². The standard InChI is InChI=1S/C14H21N3O3/c1-9(2)17(8-12(16)18)7-10-5-4-6-11(15)13(10)14(19)20-3/h4-6,9H,7-8,15H2,1-3H3,(H2,16,18). The molecule has 1 rings (SSSR count). The van der Waals surface area contributed by atoms with E-state index in [0.29, 0.717) is 23.4 Å². The van der Waals surface area contributed by atoms with E-state index in [1.807, 2.05) is 18.7 Å². The van der Waals surface area contributed by atoms with Crippen molar-refractivity contribution in [3.05, 3.63) is 29.3 Å². The summed E-state index contributed by atoms with van der Waals surface area (Å²) < 4.78 is 4.75. The van der Waals surface area contributed by atoms with E-state index in [-0.39, 0.29) is 12.6 Å². The molecule has 0 aromatic heterocycles. The van der Waals surface area contributed by atoms with Gasteiger partial charge in [0.05, 0.1) is 19.2 Å². The number of nitrogen functional groups attached to an aromatic ring is 1. The third-order valence-corrected chi connectivity index (χ3v) is 3.04. The van der Waals surface area contributed by atoms with Gasteiger partial charge in [-0.05, 0) is 25.5 Å². The van der Waals surface area contributed by atoms with Crippen molar-refractivity contribution >= 4 is 17.6 Å². The first kappa shape index (κ1) is 16.0. The minimum absolute atomic E-state index is 0.106. The van der Waals surface area contributed by atoms with Gasteiger partial charge in [-0.2, -0.15) is 0 Å². The maximum absolute atomic E-state index is 11.8. The van der Waals surface area contributed by atoms with Gasteiger partial charge in [0, 0.05) is 18.3 Å². The number of methoxy groups -OCH3 is 1. The second-order valence-electron chi connectivity index (χ2n) is 4.84. The number of ether oxygens (including phenoxy) is 1. The lowest BCUT2D eigenvalue weighted by Crippen LogP contribution is -2.38. The van der Waals surface area contributed by atoms with E-state index in [9.17, 15) is 9.59 Å². The Morgan fingerprint density at radius 1 is 1.35 bits per heavy atom. The maximum atomic E-state index is 11.8. The van der Waals surface area contributed by atoms with Gasteiger partial charge in [-0.3, -0.25) is 9.69 Å². The van der Waals surface area contributed by atoms with E-state index in [4.69, 9.17) is 16.2 Å². The molecule has 1 aromatic carbocycles. The second kappa shape index (κ2) is 6.91. The van der Waals surface area contributed by atoms with E-state index in [0.717, 1.165) is 0 Å². The molecular weight excluding hydrogens is 258 g/mol. The van der Waals surface area contributed by atoms with Crippen LogP contribution in [0.3, 0.4) is 0 Å². The predicted octanol–water partition coefficient (Wildman–Crippen LogP) is 0.751. The fourth-order valence-electron chi connectivity index (χ4n) is 1.94. The summed E-state index contributed by atoms with van der Waals surface area (Å²) in [6.45, 7) is 4.42.